The number of para-hydroxylation sites is 1. The average molecular weight is 261 g/mol. The van der Waals surface area contributed by atoms with Crippen LogP contribution in [-0.4, -0.2) is 29.8 Å². The first-order chi connectivity index (χ1) is 9.29. The summed E-state index contributed by atoms with van der Waals surface area (Å²) in [5, 5.41) is 7.02. The van der Waals surface area contributed by atoms with E-state index >= 15 is 0 Å². The lowest BCUT2D eigenvalue weighted by Gasteiger charge is -2.15. The first kappa shape index (κ1) is 13.5. The fourth-order valence-corrected chi connectivity index (χ4v) is 2.01. The topological polar surface area (TPSA) is 60.2 Å². The molecule has 0 spiro atoms. The van der Waals surface area contributed by atoms with Gasteiger partial charge >= 0.3 is 0 Å². The lowest BCUT2D eigenvalue weighted by molar-refractivity contribution is 0.371. The number of methoxy groups -OCH3 is 1. The van der Waals surface area contributed by atoms with Crippen LogP contribution in [0.15, 0.2) is 35.1 Å². The van der Waals surface area contributed by atoms with E-state index in [2.05, 4.69) is 28.4 Å². The van der Waals surface area contributed by atoms with Crippen molar-refractivity contribution in [2.45, 2.75) is 25.8 Å². The third-order valence-electron chi connectivity index (χ3n) is 2.96. The van der Waals surface area contributed by atoms with E-state index in [0.717, 1.165) is 25.1 Å². The Morgan fingerprint density at radius 3 is 2.95 bits per heavy atom. The molecule has 5 nitrogen and oxygen atoms in total. The van der Waals surface area contributed by atoms with Gasteiger partial charge in [-0.05, 0) is 25.0 Å². The van der Waals surface area contributed by atoms with E-state index in [1.807, 2.05) is 18.2 Å². The molecule has 0 amide bonds. The molecular weight excluding hydrogens is 242 g/mol. The second kappa shape index (κ2) is 6.89. The van der Waals surface area contributed by atoms with Gasteiger partial charge in [0.1, 0.15) is 5.75 Å². The van der Waals surface area contributed by atoms with Crippen LogP contribution in [0.25, 0.3) is 0 Å². The standard InChI is InChI=1S/C14H19N3O2/c1-11(15-8-7-14-16-10-17-19-14)9-12-5-3-4-6-13(12)18-2/h3-6,10-11,15H,7-9H2,1-2H3. The van der Waals surface area contributed by atoms with Crippen molar-refractivity contribution in [3.05, 3.63) is 42.0 Å². The van der Waals surface area contributed by atoms with Crippen molar-refractivity contribution in [3.63, 3.8) is 0 Å². The molecule has 1 N–H and O–H groups in total. The van der Waals surface area contributed by atoms with Crippen molar-refractivity contribution in [2.75, 3.05) is 13.7 Å². The molecule has 5 heteroatoms. The van der Waals surface area contributed by atoms with E-state index in [0.29, 0.717) is 11.9 Å². The van der Waals surface area contributed by atoms with Crippen molar-refractivity contribution in [1.29, 1.82) is 0 Å². The summed E-state index contributed by atoms with van der Waals surface area (Å²) >= 11 is 0. The molecule has 1 aromatic heterocycles. The number of hydrogen-bond acceptors (Lipinski definition) is 5. The van der Waals surface area contributed by atoms with Gasteiger partial charge in [-0.3, -0.25) is 0 Å². The Morgan fingerprint density at radius 1 is 1.37 bits per heavy atom. The molecule has 0 fully saturated rings. The highest BCUT2D eigenvalue weighted by Crippen LogP contribution is 2.18. The first-order valence-electron chi connectivity index (χ1n) is 6.40. The normalized spacial score (nSPS) is 12.3. The fraction of sp³-hybridized carbons (Fsp3) is 0.429. The van der Waals surface area contributed by atoms with E-state index in [1.54, 1.807) is 7.11 Å². The molecule has 2 aromatic rings. The number of rotatable bonds is 7. The average Bonchev–Trinajstić information content (AvgIpc) is 2.92. The van der Waals surface area contributed by atoms with Crippen LogP contribution in [0.4, 0.5) is 0 Å². The van der Waals surface area contributed by atoms with Crippen LogP contribution in [-0.2, 0) is 12.8 Å². The van der Waals surface area contributed by atoms with Crippen LogP contribution < -0.4 is 10.1 Å². The summed E-state index contributed by atoms with van der Waals surface area (Å²) in [5.74, 6) is 1.60. The smallest absolute Gasteiger partial charge is 0.227 e. The minimum atomic E-state index is 0.360. The molecular formula is C14H19N3O2. The molecule has 1 heterocycles. The Labute approximate surface area is 113 Å². The van der Waals surface area contributed by atoms with Gasteiger partial charge in [0.15, 0.2) is 6.33 Å². The Kier molecular flexibility index (Phi) is 4.92. The Balaban J connectivity index is 1.79. The monoisotopic (exact) mass is 261 g/mol. The zero-order valence-electron chi connectivity index (χ0n) is 11.3. The van der Waals surface area contributed by atoms with Crippen LogP contribution in [0, 0.1) is 0 Å². The van der Waals surface area contributed by atoms with Crippen LogP contribution in [0.5, 0.6) is 5.75 Å². The molecule has 19 heavy (non-hydrogen) atoms. The summed E-state index contributed by atoms with van der Waals surface area (Å²) in [5.41, 5.74) is 1.21. The summed E-state index contributed by atoms with van der Waals surface area (Å²) in [6.07, 6.45) is 3.09. The van der Waals surface area contributed by atoms with E-state index in [-0.39, 0.29) is 0 Å². The van der Waals surface area contributed by atoms with Gasteiger partial charge in [-0.1, -0.05) is 23.4 Å². The zero-order chi connectivity index (χ0) is 13.5. The van der Waals surface area contributed by atoms with E-state index < -0.39 is 0 Å². The molecule has 0 aliphatic carbocycles. The van der Waals surface area contributed by atoms with E-state index in [1.165, 1.54) is 11.9 Å². The summed E-state index contributed by atoms with van der Waals surface area (Å²) < 4.78 is 10.3. The number of ether oxygens (including phenoxy) is 1. The lowest BCUT2D eigenvalue weighted by atomic mass is 10.1. The van der Waals surface area contributed by atoms with Gasteiger partial charge in [-0.15, -0.1) is 0 Å². The first-order valence-corrected chi connectivity index (χ1v) is 6.40. The fourth-order valence-electron chi connectivity index (χ4n) is 2.01. The van der Waals surface area contributed by atoms with Gasteiger partial charge < -0.3 is 14.6 Å². The number of nitrogens with one attached hydrogen (secondary N) is 1. The third-order valence-corrected chi connectivity index (χ3v) is 2.96. The van der Waals surface area contributed by atoms with Gasteiger partial charge in [0, 0.05) is 19.0 Å². The lowest BCUT2D eigenvalue weighted by Crippen LogP contribution is -2.30. The molecule has 0 aliphatic rings. The van der Waals surface area contributed by atoms with Crippen molar-refractivity contribution in [1.82, 2.24) is 15.5 Å². The van der Waals surface area contributed by atoms with Crippen molar-refractivity contribution in [2.24, 2.45) is 0 Å². The second-order valence-corrected chi connectivity index (χ2v) is 4.46. The molecule has 0 saturated carbocycles. The molecule has 1 aromatic carbocycles. The third kappa shape index (κ3) is 4.06. The quantitative estimate of drug-likeness (QED) is 0.824. The van der Waals surface area contributed by atoms with Gasteiger partial charge in [0.2, 0.25) is 5.89 Å². The van der Waals surface area contributed by atoms with Crippen molar-refractivity contribution in [3.8, 4) is 5.75 Å². The zero-order valence-corrected chi connectivity index (χ0v) is 11.3. The molecule has 102 valence electrons. The maximum Gasteiger partial charge on any atom is 0.227 e. The largest absolute Gasteiger partial charge is 0.496 e. The molecule has 0 bridgehead atoms. The molecule has 1 atom stereocenters. The molecule has 2 rings (SSSR count). The van der Waals surface area contributed by atoms with Crippen molar-refractivity contribution >= 4 is 0 Å². The second-order valence-electron chi connectivity index (χ2n) is 4.46. The Morgan fingerprint density at radius 2 is 2.21 bits per heavy atom. The summed E-state index contributed by atoms with van der Waals surface area (Å²) in [6.45, 7) is 2.97. The number of aromatic nitrogens is 2. The highest BCUT2D eigenvalue weighted by Gasteiger charge is 2.08. The van der Waals surface area contributed by atoms with Crippen LogP contribution in [0.3, 0.4) is 0 Å². The molecule has 1 unspecified atom stereocenters. The summed E-state index contributed by atoms with van der Waals surface area (Å²) in [4.78, 5) is 3.99. The van der Waals surface area contributed by atoms with Gasteiger partial charge in [-0.2, -0.15) is 4.98 Å². The van der Waals surface area contributed by atoms with Crippen molar-refractivity contribution < 1.29 is 9.26 Å². The molecule has 0 aliphatic heterocycles. The van der Waals surface area contributed by atoms with Crippen LogP contribution in [0.2, 0.25) is 0 Å². The van der Waals surface area contributed by atoms with Gasteiger partial charge in [0.05, 0.1) is 7.11 Å². The minimum absolute atomic E-state index is 0.360. The summed E-state index contributed by atoms with van der Waals surface area (Å²) in [6, 6.07) is 8.45. The van der Waals surface area contributed by atoms with Crippen LogP contribution >= 0.6 is 0 Å². The summed E-state index contributed by atoms with van der Waals surface area (Å²) in [7, 11) is 1.70. The predicted octanol–water partition coefficient (Wildman–Crippen LogP) is 1.84. The molecule has 0 saturated heterocycles. The van der Waals surface area contributed by atoms with Crippen LogP contribution in [0.1, 0.15) is 18.4 Å². The maximum absolute atomic E-state index is 5.35. The number of benzene rings is 1. The van der Waals surface area contributed by atoms with Gasteiger partial charge in [-0.25, -0.2) is 0 Å². The predicted molar refractivity (Wildman–Crippen MR) is 72.2 cm³/mol. The highest BCUT2D eigenvalue weighted by molar-refractivity contribution is 5.33. The molecule has 0 radical (unpaired) electrons. The highest BCUT2D eigenvalue weighted by atomic mass is 16.5. The number of nitrogens with zero attached hydrogens (tertiary/aromatic N) is 2. The Bertz CT molecular complexity index is 485. The minimum Gasteiger partial charge on any atom is -0.496 e. The van der Waals surface area contributed by atoms with E-state index in [4.69, 9.17) is 9.26 Å². The SMILES string of the molecule is COc1ccccc1CC(C)NCCc1ncno1. The van der Waals surface area contributed by atoms with E-state index in [9.17, 15) is 0 Å². The van der Waals surface area contributed by atoms with Gasteiger partial charge in [0.25, 0.3) is 0 Å². The number of hydrogen-bond donors (Lipinski definition) is 1. The Hall–Kier alpha value is -1.88. The maximum atomic E-state index is 5.35.